The smallest absolute Gasteiger partial charge is 0.341 e. The Morgan fingerprint density at radius 2 is 1.02 bits per heavy atom. The standard InChI is InChI=1S/C55H92N4O2/c1-14-30-58(31-15-2,32-16-3)36-22-28-54(13,29-23-37-59(33-17-4,34-18-5)35-19-6)45-26-27-50-43(38-45)41-56-48-24-20-21-25-49(48)57-42-44-39-46(52(7,8)9)40-47(53(10,11)12)51(44)61-55(56,57)60-50/h26-27,38-42,48-49H,14-25,28-37H2,1-13H3/q+4. The summed E-state index contributed by atoms with van der Waals surface area (Å²) in [6.45, 7) is 41.4. The highest BCUT2D eigenvalue weighted by atomic mass is 16.7. The Balaban J connectivity index is 1.39. The Bertz CT molecular complexity index is 1800. The average Bonchev–Trinajstić information content (AvgIpc) is 3.46. The summed E-state index contributed by atoms with van der Waals surface area (Å²) in [6, 6.07) is 11.8. The molecule has 3 atom stereocenters. The van der Waals surface area contributed by atoms with Crippen molar-refractivity contribution in [1.82, 2.24) is 0 Å². The number of hydrogen-bond acceptors (Lipinski definition) is 2. The molecule has 2 aromatic rings. The van der Waals surface area contributed by atoms with E-state index in [1.807, 2.05) is 0 Å². The summed E-state index contributed by atoms with van der Waals surface area (Å²) >= 11 is 0. The lowest BCUT2D eigenvalue weighted by molar-refractivity contribution is -0.928. The van der Waals surface area contributed by atoms with Crippen molar-refractivity contribution in [3.8, 4) is 11.5 Å². The highest BCUT2D eigenvalue weighted by Gasteiger charge is 2.76. The van der Waals surface area contributed by atoms with E-state index in [4.69, 9.17) is 9.47 Å². The summed E-state index contributed by atoms with van der Waals surface area (Å²) in [5.74, 6) is 1.93. The number of nitrogens with zero attached hydrogens (tertiary/aromatic N) is 4. The van der Waals surface area contributed by atoms with E-state index < -0.39 is 6.03 Å². The minimum absolute atomic E-state index is 0.0359. The molecule has 0 N–H and O–H groups in total. The van der Waals surface area contributed by atoms with Gasteiger partial charge in [-0.25, -0.2) is 0 Å². The molecule has 6 nitrogen and oxygen atoms in total. The highest BCUT2D eigenvalue weighted by molar-refractivity contribution is 5.84. The van der Waals surface area contributed by atoms with Gasteiger partial charge in [-0.1, -0.05) is 111 Å². The Labute approximate surface area is 375 Å². The number of quaternary nitrogens is 2. The fourth-order valence-electron chi connectivity index (χ4n) is 12.6. The van der Waals surface area contributed by atoms with Gasteiger partial charge in [0.05, 0.1) is 63.5 Å². The fraction of sp³-hybridized carbons (Fsp3) is 0.745. The minimum Gasteiger partial charge on any atom is -0.341 e. The van der Waals surface area contributed by atoms with Crippen LogP contribution in [0, 0.1) is 0 Å². The van der Waals surface area contributed by atoms with E-state index in [1.165, 1.54) is 166 Å². The summed E-state index contributed by atoms with van der Waals surface area (Å²) in [5, 5.41) is 0. The summed E-state index contributed by atoms with van der Waals surface area (Å²) in [4.78, 5) is 0. The van der Waals surface area contributed by atoms with Crippen molar-refractivity contribution < 1.29 is 27.6 Å². The van der Waals surface area contributed by atoms with Crippen LogP contribution in [0.2, 0.25) is 0 Å². The molecular formula is C55H92N4O2+4. The minimum atomic E-state index is -1.02. The van der Waals surface area contributed by atoms with Crippen molar-refractivity contribution in [1.29, 1.82) is 0 Å². The Morgan fingerprint density at radius 1 is 0.557 bits per heavy atom. The van der Waals surface area contributed by atoms with Crippen molar-refractivity contribution in [2.45, 2.75) is 214 Å². The van der Waals surface area contributed by atoms with Gasteiger partial charge >= 0.3 is 6.03 Å². The third-order valence-electron chi connectivity index (χ3n) is 15.5. The molecule has 1 saturated heterocycles. The Morgan fingerprint density at radius 3 is 1.46 bits per heavy atom. The molecule has 1 spiro atoms. The van der Waals surface area contributed by atoms with E-state index >= 15 is 0 Å². The largest absolute Gasteiger partial charge is 0.704 e. The van der Waals surface area contributed by atoms with E-state index in [9.17, 15) is 0 Å². The molecule has 3 unspecified atom stereocenters. The van der Waals surface area contributed by atoms with Crippen LogP contribution in [-0.2, 0) is 16.2 Å². The number of benzene rings is 2. The number of rotatable bonds is 21. The number of ether oxygens (including phenoxy) is 2. The highest BCUT2D eigenvalue weighted by Crippen LogP contribution is 2.48. The Kier molecular flexibility index (Phi) is 15.0. The molecule has 0 radical (unpaired) electrons. The first-order chi connectivity index (χ1) is 29.0. The molecule has 2 fully saturated rings. The van der Waals surface area contributed by atoms with Gasteiger partial charge in [0, 0.05) is 18.4 Å². The van der Waals surface area contributed by atoms with E-state index in [1.54, 1.807) is 0 Å². The van der Waals surface area contributed by atoms with E-state index in [-0.39, 0.29) is 16.2 Å². The third kappa shape index (κ3) is 9.86. The molecule has 1 aliphatic carbocycles. The van der Waals surface area contributed by atoms with E-state index in [2.05, 4.69) is 142 Å². The lowest BCUT2D eigenvalue weighted by Gasteiger charge is -2.41. The monoisotopic (exact) mass is 841 g/mol. The predicted molar refractivity (Wildman–Crippen MR) is 258 cm³/mol. The molecule has 4 aliphatic rings. The molecule has 6 rings (SSSR count). The maximum absolute atomic E-state index is 7.47. The summed E-state index contributed by atoms with van der Waals surface area (Å²) in [7, 11) is 0. The average molecular weight is 841 g/mol. The Hall–Kier alpha value is -2.70. The summed E-state index contributed by atoms with van der Waals surface area (Å²) in [6.07, 6.45) is 22.3. The van der Waals surface area contributed by atoms with Crippen LogP contribution in [-0.4, -0.2) is 101 Å². The zero-order chi connectivity index (χ0) is 44.3. The maximum atomic E-state index is 7.47. The van der Waals surface area contributed by atoms with Crippen molar-refractivity contribution >= 4 is 12.4 Å². The van der Waals surface area contributed by atoms with Crippen LogP contribution in [0.25, 0.3) is 0 Å². The lowest BCUT2D eigenvalue weighted by Crippen LogP contribution is -2.60. The second-order valence-electron chi connectivity index (χ2n) is 22.7. The van der Waals surface area contributed by atoms with Gasteiger partial charge in [-0.3, -0.25) is 0 Å². The first-order valence-corrected chi connectivity index (χ1v) is 25.6. The van der Waals surface area contributed by atoms with Crippen molar-refractivity contribution in [2.24, 2.45) is 0 Å². The van der Waals surface area contributed by atoms with Gasteiger partial charge in [0.15, 0.2) is 23.9 Å². The fourth-order valence-corrected chi connectivity index (χ4v) is 12.6. The van der Waals surface area contributed by atoms with Crippen LogP contribution in [0.15, 0.2) is 30.3 Å². The maximum Gasteiger partial charge on any atom is 0.704 e. The molecule has 0 bridgehead atoms. The predicted octanol–water partition coefficient (Wildman–Crippen LogP) is 12.5. The molecule has 1 saturated carbocycles. The van der Waals surface area contributed by atoms with Gasteiger partial charge in [-0.2, -0.15) is 0 Å². The normalized spacial score (nSPS) is 21.3. The molecule has 3 heterocycles. The van der Waals surface area contributed by atoms with Gasteiger partial charge in [0.1, 0.15) is 0 Å². The van der Waals surface area contributed by atoms with Gasteiger partial charge in [-0.05, 0) is 123 Å². The third-order valence-corrected chi connectivity index (χ3v) is 15.5. The van der Waals surface area contributed by atoms with Crippen LogP contribution >= 0.6 is 0 Å². The van der Waals surface area contributed by atoms with Crippen LogP contribution in [0.5, 0.6) is 11.5 Å². The lowest BCUT2D eigenvalue weighted by atomic mass is 9.74. The summed E-state index contributed by atoms with van der Waals surface area (Å²) < 4.78 is 22.5. The molecule has 0 aromatic heterocycles. The van der Waals surface area contributed by atoms with Gasteiger partial charge in [0.2, 0.25) is 12.1 Å². The molecule has 3 aliphatic heterocycles. The van der Waals surface area contributed by atoms with Crippen molar-refractivity contribution in [3.63, 3.8) is 0 Å². The first kappa shape index (κ1) is 47.8. The molecule has 6 heteroatoms. The zero-order valence-corrected chi connectivity index (χ0v) is 41.9. The number of hydrogen-bond donors (Lipinski definition) is 0. The molecule has 340 valence electrons. The first-order valence-electron chi connectivity index (χ1n) is 25.6. The SMILES string of the molecule is CCC[N+](CCC)(CCC)CCCC(C)(CCC[N+](CCC)(CCC)CCC)c1ccc2c(c1)C=[N+]1C3CCCCC3[N+]3=Cc4cc(C(C)(C)C)cc(C(C)(C)C)c4OC13O2. The van der Waals surface area contributed by atoms with Crippen LogP contribution in [0.1, 0.15) is 208 Å². The summed E-state index contributed by atoms with van der Waals surface area (Å²) in [5.41, 5.74) is 6.55. The van der Waals surface area contributed by atoms with Gasteiger partial charge in [0.25, 0.3) is 0 Å². The zero-order valence-electron chi connectivity index (χ0n) is 41.9. The molecule has 61 heavy (non-hydrogen) atoms. The van der Waals surface area contributed by atoms with Crippen LogP contribution in [0.3, 0.4) is 0 Å². The second-order valence-corrected chi connectivity index (χ2v) is 22.7. The van der Waals surface area contributed by atoms with Crippen LogP contribution in [0.4, 0.5) is 0 Å². The number of fused-ring (bicyclic) bond motifs is 5. The molecule has 0 amide bonds. The quantitative estimate of drug-likeness (QED) is 0.0924. The van der Waals surface area contributed by atoms with E-state index in [0.717, 1.165) is 24.3 Å². The van der Waals surface area contributed by atoms with E-state index in [0.29, 0.717) is 12.1 Å². The topological polar surface area (TPSA) is 24.5 Å². The van der Waals surface area contributed by atoms with Crippen molar-refractivity contribution in [2.75, 3.05) is 52.4 Å². The van der Waals surface area contributed by atoms with Gasteiger partial charge < -0.3 is 18.4 Å². The van der Waals surface area contributed by atoms with Crippen molar-refractivity contribution in [3.05, 3.63) is 58.1 Å². The molecular weight excluding hydrogens is 749 g/mol. The second kappa shape index (κ2) is 19.2. The van der Waals surface area contributed by atoms with Crippen LogP contribution < -0.4 is 9.47 Å². The van der Waals surface area contributed by atoms with Gasteiger partial charge in [-0.15, -0.1) is 0 Å². The molecule has 2 aromatic carbocycles.